The van der Waals surface area contributed by atoms with Crippen LogP contribution in [0.3, 0.4) is 0 Å². The Morgan fingerprint density at radius 1 is 1.65 bits per heavy atom. The molecule has 1 unspecified atom stereocenters. The first-order valence-corrected chi connectivity index (χ1v) is 4.70. The summed E-state index contributed by atoms with van der Waals surface area (Å²) in [5, 5.41) is 22.1. The van der Waals surface area contributed by atoms with E-state index in [1.807, 2.05) is 0 Å². The molecule has 0 bridgehead atoms. The average Bonchev–Trinajstić information content (AvgIpc) is 2.28. The van der Waals surface area contributed by atoms with Crippen molar-refractivity contribution in [3.05, 3.63) is 33.9 Å². The van der Waals surface area contributed by atoms with Crippen LogP contribution in [-0.2, 0) is 4.79 Å². The maximum Gasteiger partial charge on any atom is 0.289 e. The number of benzene rings is 1. The number of nitro benzene ring substituents is 1. The lowest BCUT2D eigenvalue weighted by Crippen LogP contribution is -2.32. The Hall–Kier alpha value is -2.62. The minimum absolute atomic E-state index is 0.0349. The van der Waals surface area contributed by atoms with Crippen molar-refractivity contribution in [3.8, 4) is 6.07 Å². The van der Waals surface area contributed by atoms with Crippen LogP contribution >= 0.6 is 0 Å². The van der Waals surface area contributed by atoms with E-state index in [-0.39, 0.29) is 11.3 Å². The highest BCUT2D eigenvalue weighted by Crippen LogP contribution is 2.22. The van der Waals surface area contributed by atoms with Gasteiger partial charge in [0.25, 0.3) is 5.69 Å². The van der Waals surface area contributed by atoms with Gasteiger partial charge < -0.3 is 11.1 Å². The maximum absolute atomic E-state index is 10.8. The molecule has 3 N–H and O–H groups in total. The van der Waals surface area contributed by atoms with Crippen molar-refractivity contribution in [2.45, 2.75) is 13.0 Å². The molecule has 1 aromatic carbocycles. The Labute approximate surface area is 97.0 Å². The third-order valence-electron chi connectivity index (χ3n) is 2.12. The summed E-state index contributed by atoms with van der Waals surface area (Å²) in [7, 11) is 0. The smallest absolute Gasteiger partial charge is 0.289 e. The van der Waals surface area contributed by atoms with Crippen molar-refractivity contribution in [1.29, 1.82) is 5.26 Å². The number of nitrogens with one attached hydrogen (secondary N) is 1. The molecule has 17 heavy (non-hydrogen) atoms. The lowest BCUT2D eigenvalue weighted by Gasteiger charge is -2.11. The van der Waals surface area contributed by atoms with Crippen molar-refractivity contribution >= 4 is 17.3 Å². The van der Waals surface area contributed by atoms with Gasteiger partial charge in [0, 0.05) is 11.8 Å². The Morgan fingerprint density at radius 3 is 2.76 bits per heavy atom. The first kappa shape index (κ1) is 12.4. The van der Waals surface area contributed by atoms with Crippen molar-refractivity contribution in [3.63, 3.8) is 0 Å². The number of hydrogen-bond acceptors (Lipinski definition) is 5. The van der Waals surface area contributed by atoms with Crippen LogP contribution in [0.2, 0.25) is 0 Å². The summed E-state index contributed by atoms with van der Waals surface area (Å²) >= 11 is 0. The first-order chi connectivity index (χ1) is 7.95. The van der Waals surface area contributed by atoms with Crippen LogP contribution in [0.1, 0.15) is 12.5 Å². The number of hydrogen-bond donors (Lipinski definition) is 2. The average molecular weight is 234 g/mol. The molecule has 88 valence electrons. The van der Waals surface area contributed by atoms with Gasteiger partial charge in [0.05, 0.1) is 4.92 Å². The van der Waals surface area contributed by atoms with E-state index >= 15 is 0 Å². The van der Waals surface area contributed by atoms with Gasteiger partial charge >= 0.3 is 0 Å². The highest BCUT2D eigenvalue weighted by atomic mass is 16.6. The van der Waals surface area contributed by atoms with Crippen LogP contribution < -0.4 is 11.1 Å². The second-order valence-electron chi connectivity index (χ2n) is 3.37. The van der Waals surface area contributed by atoms with E-state index in [4.69, 9.17) is 11.0 Å². The standard InChI is InChI=1S/C10H10N4O3/c1-6(10(12)15)13-8-3-2-7(5-11)9(4-8)14(16)17/h2-4,6,13H,1H3,(H2,12,15). The van der Waals surface area contributed by atoms with E-state index in [9.17, 15) is 14.9 Å². The van der Waals surface area contributed by atoms with Crippen LogP contribution in [0.5, 0.6) is 0 Å². The zero-order valence-electron chi connectivity index (χ0n) is 9.01. The van der Waals surface area contributed by atoms with E-state index in [0.29, 0.717) is 5.69 Å². The number of primary amides is 1. The third kappa shape index (κ3) is 2.92. The Balaban J connectivity index is 3.05. The summed E-state index contributed by atoms with van der Waals surface area (Å²) < 4.78 is 0. The second-order valence-corrected chi connectivity index (χ2v) is 3.37. The van der Waals surface area contributed by atoms with Crippen LogP contribution in [0.4, 0.5) is 11.4 Å². The van der Waals surface area contributed by atoms with Gasteiger partial charge in [-0.1, -0.05) is 0 Å². The number of nitrogens with zero attached hydrogens (tertiary/aromatic N) is 2. The van der Waals surface area contributed by atoms with Gasteiger partial charge in [0.2, 0.25) is 5.91 Å². The molecule has 7 heteroatoms. The Bertz CT molecular complexity index is 507. The van der Waals surface area contributed by atoms with E-state index in [0.717, 1.165) is 0 Å². The van der Waals surface area contributed by atoms with Gasteiger partial charge in [-0.15, -0.1) is 0 Å². The molecule has 0 aliphatic carbocycles. The fraction of sp³-hybridized carbons (Fsp3) is 0.200. The molecule has 1 rings (SSSR count). The number of nitrogens with two attached hydrogens (primary N) is 1. The highest BCUT2D eigenvalue weighted by molar-refractivity contribution is 5.82. The van der Waals surface area contributed by atoms with Gasteiger partial charge in [-0.05, 0) is 19.1 Å². The summed E-state index contributed by atoms with van der Waals surface area (Å²) in [4.78, 5) is 20.9. The summed E-state index contributed by atoms with van der Waals surface area (Å²) in [5.41, 5.74) is 5.07. The summed E-state index contributed by atoms with van der Waals surface area (Å²) in [6.07, 6.45) is 0. The second kappa shape index (κ2) is 4.94. The number of carbonyl (C=O) groups is 1. The summed E-state index contributed by atoms with van der Waals surface area (Å²) in [6, 6.07) is 5.05. The Morgan fingerprint density at radius 2 is 2.29 bits per heavy atom. The van der Waals surface area contributed by atoms with Crippen LogP contribution in [0.25, 0.3) is 0 Å². The van der Waals surface area contributed by atoms with E-state index < -0.39 is 16.9 Å². The number of amides is 1. The minimum Gasteiger partial charge on any atom is -0.374 e. The van der Waals surface area contributed by atoms with Crippen molar-refractivity contribution in [2.24, 2.45) is 5.73 Å². The molecule has 1 atom stereocenters. The zero-order valence-corrected chi connectivity index (χ0v) is 9.01. The number of nitriles is 1. The molecule has 7 nitrogen and oxygen atoms in total. The molecule has 1 amide bonds. The molecule has 0 spiro atoms. The number of nitro groups is 1. The summed E-state index contributed by atoms with van der Waals surface area (Å²) in [6.45, 7) is 1.53. The van der Waals surface area contributed by atoms with E-state index in [2.05, 4.69) is 5.32 Å². The van der Waals surface area contributed by atoms with Crippen molar-refractivity contribution in [1.82, 2.24) is 0 Å². The lowest BCUT2D eigenvalue weighted by atomic mass is 10.1. The van der Waals surface area contributed by atoms with Gasteiger partial charge in [-0.2, -0.15) is 5.26 Å². The normalized spacial score (nSPS) is 11.3. The van der Waals surface area contributed by atoms with Crippen molar-refractivity contribution in [2.75, 3.05) is 5.32 Å². The van der Waals surface area contributed by atoms with E-state index in [1.54, 1.807) is 6.07 Å². The predicted molar refractivity (Wildman–Crippen MR) is 60.1 cm³/mol. The SMILES string of the molecule is CC(Nc1ccc(C#N)c([N+](=O)[O-])c1)C(N)=O. The molecule has 0 heterocycles. The highest BCUT2D eigenvalue weighted by Gasteiger charge is 2.16. The molecule has 0 aliphatic heterocycles. The number of carbonyl (C=O) groups excluding carboxylic acids is 1. The largest absolute Gasteiger partial charge is 0.374 e. The van der Waals surface area contributed by atoms with Crippen molar-refractivity contribution < 1.29 is 9.72 Å². The third-order valence-corrected chi connectivity index (χ3v) is 2.12. The topological polar surface area (TPSA) is 122 Å². The Kier molecular flexibility index (Phi) is 3.62. The lowest BCUT2D eigenvalue weighted by molar-refractivity contribution is -0.385. The molecule has 0 saturated heterocycles. The van der Waals surface area contributed by atoms with Crippen LogP contribution in [0, 0.1) is 21.4 Å². The first-order valence-electron chi connectivity index (χ1n) is 4.70. The van der Waals surface area contributed by atoms with Gasteiger partial charge in [0.15, 0.2) is 0 Å². The molecule has 0 radical (unpaired) electrons. The molecular weight excluding hydrogens is 224 g/mol. The molecule has 0 aliphatic rings. The zero-order chi connectivity index (χ0) is 13.0. The van der Waals surface area contributed by atoms with Crippen LogP contribution in [-0.4, -0.2) is 16.9 Å². The van der Waals surface area contributed by atoms with E-state index in [1.165, 1.54) is 25.1 Å². The number of rotatable bonds is 4. The quantitative estimate of drug-likeness (QED) is 0.588. The fourth-order valence-electron chi connectivity index (χ4n) is 1.19. The summed E-state index contributed by atoms with van der Waals surface area (Å²) in [5.74, 6) is -0.572. The van der Waals surface area contributed by atoms with Crippen LogP contribution in [0.15, 0.2) is 18.2 Å². The predicted octanol–water partition coefficient (Wildman–Crippen LogP) is 0.752. The maximum atomic E-state index is 10.8. The van der Waals surface area contributed by atoms with Gasteiger partial charge in [-0.25, -0.2) is 0 Å². The van der Waals surface area contributed by atoms with Gasteiger partial charge in [0.1, 0.15) is 17.7 Å². The molecular formula is C10H10N4O3. The minimum atomic E-state index is -0.654. The molecule has 0 aromatic heterocycles. The molecule has 1 aromatic rings. The molecule has 0 saturated carbocycles. The van der Waals surface area contributed by atoms with Gasteiger partial charge in [-0.3, -0.25) is 14.9 Å². The molecule has 0 fully saturated rings. The fourth-order valence-corrected chi connectivity index (χ4v) is 1.19. The number of anilines is 1. The monoisotopic (exact) mass is 234 g/mol.